The van der Waals surface area contributed by atoms with Crippen LogP contribution in [0.3, 0.4) is 0 Å². The molecule has 0 aliphatic carbocycles. The summed E-state index contributed by atoms with van der Waals surface area (Å²) in [4.78, 5) is 13.4. The topological polar surface area (TPSA) is 49.3 Å². The monoisotopic (exact) mass is 271 g/mol. The first kappa shape index (κ1) is 12.9. The second kappa shape index (κ2) is 4.63. The van der Waals surface area contributed by atoms with Crippen molar-refractivity contribution in [3.8, 4) is 0 Å². The molecule has 94 valence electrons. The number of carboxylic acids is 1. The highest BCUT2D eigenvalue weighted by molar-refractivity contribution is 7.99. The van der Waals surface area contributed by atoms with Crippen LogP contribution in [0.2, 0.25) is 0 Å². The van der Waals surface area contributed by atoms with Crippen LogP contribution in [0.25, 0.3) is 0 Å². The molecule has 0 radical (unpaired) electrons. The Kier molecular flexibility index (Phi) is 3.52. The summed E-state index contributed by atoms with van der Waals surface area (Å²) in [7, 11) is 0. The molecule has 3 nitrogen and oxygen atoms in total. The molecule has 0 saturated carbocycles. The summed E-state index contributed by atoms with van der Waals surface area (Å²) in [5.74, 6) is -0.115. The Morgan fingerprint density at radius 1 is 1.47 bits per heavy atom. The molecule has 0 aromatic carbocycles. The van der Waals surface area contributed by atoms with Crippen LogP contribution in [-0.4, -0.2) is 22.9 Å². The SMILES string of the molecule is CC(C)(C)c1ccc(C2NC(C(=O)O)CS2)s1. The molecule has 1 aromatic heterocycles. The van der Waals surface area contributed by atoms with Crippen molar-refractivity contribution in [2.75, 3.05) is 5.75 Å². The summed E-state index contributed by atoms with van der Waals surface area (Å²) in [5, 5.41) is 12.2. The number of carbonyl (C=O) groups is 1. The number of carboxylic acid groups (broad SMARTS) is 1. The Labute approximate surface area is 110 Å². The van der Waals surface area contributed by atoms with Gasteiger partial charge in [0.1, 0.15) is 6.04 Å². The minimum atomic E-state index is -0.757. The highest BCUT2D eigenvalue weighted by Crippen LogP contribution is 2.39. The van der Waals surface area contributed by atoms with Gasteiger partial charge in [0.15, 0.2) is 0 Å². The second-order valence-electron chi connectivity index (χ2n) is 5.22. The van der Waals surface area contributed by atoms with Crippen LogP contribution in [0.1, 0.15) is 35.9 Å². The van der Waals surface area contributed by atoms with Gasteiger partial charge in [-0.25, -0.2) is 0 Å². The molecule has 1 fully saturated rings. The van der Waals surface area contributed by atoms with E-state index in [1.165, 1.54) is 9.75 Å². The van der Waals surface area contributed by atoms with Crippen LogP contribution in [-0.2, 0) is 10.2 Å². The number of hydrogen-bond acceptors (Lipinski definition) is 4. The van der Waals surface area contributed by atoms with Crippen molar-refractivity contribution in [2.24, 2.45) is 0 Å². The summed E-state index contributed by atoms with van der Waals surface area (Å²) < 4.78 is 0. The molecular formula is C12H17NO2S2. The standard InChI is InChI=1S/C12H17NO2S2/c1-12(2,3)9-5-4-8(17-9)10-13-7(6-16-10)11(14)15/h4-5,7,10,13H,6H2,1-3H3,(H,14,15). The first-order valence-electron chi connectivity index (χ1n) is 5.58. The van der Waals surface area contributed by atoms with E-state index in [-0.39, 0.29) is 10.8 Å². The summed E-state index contributed by atoms with van der Waals surface area (Å²) in [6.07, 6.45) is 0. The summed E-state index contributed by atoms with van der Waals surface area (Å²) in [6.45, 7) is 6.58. The molecule has 2 N–H and O–H groups in total. The number of thiophene rings is 1. The van der Waals surface area contributed by atoms with E-state index in [1.807, 2.05) is 0 Å². The highest BCUT2D eigenvalue weighted by atomic mass is 32.2. The lowest BCUT2D eigenvalue weighted by Crippen LogP contribution is -2.33. The molecular weight excluding hydrogens is 254 g/mol. The Morgan fingerprint density at radius 3 is 2.65 bits per heavy atom. The molecule has 2 heterocycles. The van der Waals surface area contributed by atoms with Gasteiger partial charge in [-0.1, -0.05) is 20.8 Å². The molecule has 5 heteroatoms. The van der Waals surface area contributed by atoms with Crippen molar-refractivity contribution >= 4 is 29.1 Å². The van der Waals surface area contributed by atoms with Crippen LogP contribution < -0.4 is 5.32 Å². The Bertz CT molecular complexity index is 422. The molecule has 1 aliphatic heterocycles. The predicted octanol–water partition coefficient (Wildman–Crippen LogP) is 2.83. The zero-order chi connectivity index (χ0) is 12.6. The van der Waals surface area contributed by atoms with Crippen molar-refractivity contribution in [1.82, 2.24) is 5.32 Å². The van der Waals surface area contributed by atoms with Crippen molar-refractivity contribution in [1.29, 1.82) is 0 Å². The van der Waals surface area contributed by atoms with Crippen molar-refractivity contribution in [2.45, 2.75) is 37.6 Å². The predicted molar refractivity (Wildman–Crippen MR) is 72.8 cm³/mol. The lowest BCUT2D eigenvalue weighted by atomic mass is 9.95. The second-order valence-corrected chi connectivity index (χ2v) is 7.48. The van der Waals surface area contributed by atoms with Crippen LogP contribution in [0.15, 0.2) is 12.1 Å². The van der Waals surface area contributed by atoms with Gasteiger partial charge in [-0.05, 0) is 17.5 Å². The number of rotatable bonds is 2. The number of thioether (sulfide) groups is 1. The fourth-order valence-corrected chi connectivity index (χ4v) is 4.16. The largest absolute Gasteiger partial charge is 0.480 e. The van der Waals surface area contributed by atoms with Crippen LogP contribution in [0.5, 0.6) is 0 Å². The third-order valence-corrected chi connectivity index (χ3v) is 5.68. The Balaban J connectivity index is 2.10. The van der Waals surface area contributed by atoms with Gasteiger partial charge in [0.2, 0.25) is 0 Å². The van der Waals surface area contributed by atoms with Crippen LogP contribution >= 0.6 is 23.1 Å². The van der Waals surface area contributed by atoms with Gasteiger partial charge in [0.05, 0.1) is 5.37 Å². The summed E-state index contributed by atoms with van der Waals surface area (Å²) in [5.41, 5.74) is 0.165. The Hall–Kier alpha value is -0.520. The molecule has 1 aromatic rings. The first-order chi connectivity index (χ1) is 7.88. The molecule has 2 atom stereocenters. The number of nitrogens with one attached hydrogen (secondary N) is 1. The maximum atomic E-state index is 10.9. The third kappa shape index (κ3) is 2.84. The summed E-state index contributed by atoms with van der Waals surface area (Å²) >= 11 is 3.45. The van der Waals surface area contributed by atoms with E-state index in [4.69, 9.17) is 5.11 Å². The van der Waals surface area contributed by atoms with Crippen molar-refractivity contribution in [3.63, 3.8) is 0 Å². The average Bonchev–Trinajstić information content (AvgIpc) is 2.85. The van der Waals surface area contributed by atoms with E-state index in [0.717, 1.165) is 0 Å². The van der Waals surface area contributed by atoms with Crippen molar-refractivity contribution < 1.29 is 9.90 Å². The fraction of sp³-hybridized carbons (Fsp3) is 0.583. The third-order valence-electron chi connectivity index (χ3n) is 2.70. The smallest absolute Gasteiger partial charge is 0.321 e. The van der Waals surface area contributed by atoms with E-state index >= 15 is 0 Å². The number of aliphatic carboxylic acids is 1. The maximum Gasteiger partial charge on any atom is 0.321 e. The van der Waals surface area contributed by atoms with Crippen LogP contribution in [0, 0.1) is 0 Å². The number of hydrogen-bond donors (Lipinski definition) is 2. The van der Waals surface area contributed by atoms with E-state index in [1.54, 1.807) is 23.1 Å². The van der Waals surface area contributed by atoms with Gasteiger partial charge in [0, 0.05) is 15.5 Å². The van der Waals surface area contributed by atoms with Gasteiger partial charge >= 0.3 is 5.97 Å². The molecule has 1 aliphatic rings. The van der Waals surface area contributed by atoms with E-state index in [0.29, 0.717) is 5.75 Å². The average molecular weight is 271 g/mol. The molecule has 2 unspecified atom stereocenters. The molecule has 0 bridgehead atoms. The van der Waals surface area contributed by atoms with E-state index in [2.05, 4.69) is 38.2 Å². The molecule has 0 amide bonds. The fourth-order valence-electron chi connectivity index (χ4n) is 1.68. The van der Waals surface area contributed by atoms with Gasteiger partial charge in [-0.3, -0.25) is 10.1 Å². The minimum Gasteiger partial charge on any atom is -0.480 e. The lowest BCUT2D eigenvalue weighted by Gasteiger charge is -2.15. The quantitative estimate of drug-likeness (QED) is 0.868. The minimum absolute atomic E-state index is 0.136. The van der Waals surface area contributed by atoms with Gasteiger partial charge in [-0.2, -0.15) is 0 Å². The van der Waals surface area contributed by atoms with Gasteiger partial charge in [-0.15, -0.1) is 23.1 Å². The van der Waals surface area contributed by atoms with Gasteiger partial charge < -0.3 is 5.11 Å². The maximum absolute atomic E-state index is 10.9. The zero-order valence-electron chi connectivity index (χ0n) is 10.2. The normalized spacial score (nSPS) is 25.1. The molecule has 1 saturated heterocycles. The Morgan fingerprint density at radius 2 is 2.18 bits per heavy atom. The first-order valence-corrected chi connectivity index (χ1v) is 7.45. The lowest BCUT2D eigenvalue weighted by molar-refractivity contribution is -0.138. The van der Waals surface area contributed by atoms with Crippen molar-refractivity contribution in [3.05, 3.63) is 21.9 Å². The van der Waals surface area contributed by atoms with E-state index in [9.17, 15) is 4.79 Å². The molecule has 17 heavy (non-hydrogen) atoms. The van der Waals surface area contributed by atoms with E-state index < -0.39 is 12.0 Å². The van der Waals surface area contributed by atoms with Crippen LogP contribution in [0.4, 0.5) is 0 Å². The molecule has 0 spiro atoms. The van der Waals surface area contributed by atoms with Gasteiger partial charge in [0.25, 0.3) is 0 Å². The zero-order valence-corrected chi connectivity index (χ0v) is 11.8. The molecule has 2 rings (SSSR count). The highest BCUT2D eigenvalue weighted by Gasteiger charge is 2.31. The summed E-state index contributed by atoms with van der Waals surface area (Å²) in [6, 6.07) is 3.85.